The molecule has 2 aromatic rings. The van der Waals surface area contributed by atoms with E-state index >= 15 is 0 Å². The Morgan fingerprint density at radius 3 is 2.41 bits per heavy atom. The molecule has 0 saturated carbocycles. The van der Waals surface area contributed by atoms with Gasteiger partial charge in [0, 0.05) is 12.0 Å². The van der Waals surface area contributed by atoms with Crippen LogP contribution in [-0.2, 0) is 22.7 Å². The zero-order chi connectivity index (χ0) is 13.1. The number of hydrogen-bond acceptors (Lipinski definition) is 2. The molecule has 0 spiro atoms. The minimum absolute atomic E-state index is 0.278. The third kappa shape index (κ3) is 5.68. The van der Waals surface area contributed by atoms with Gasteiger partial charge in [0.05, 0.1) is 0 Å². The maximum atomic E-state index is 12.6. The summed E-state index contributed by atoms with van der Waals surface area (Å²) in [6.45, 7) is 3.25. The normalized spacial score (nSPS) is 8.18. The number of aromatic nitrogens is 1. The fraction of sp³-hybridized carbons (Fsp3) is 0. The van der Waals surface area contributed by atoms with Crippen LogP contribution in [0.15, 0.2) is 42.6 Å². The van der Waals surface area contributed by atoms with E-state index < -0.39 is 0 Å². The Labute approximate surface area is 114 Å². The molecule has 5 heteroatoms. The van der Waals surface area contributed by atoms with Crippen LogP contribution in [0.25, 0.3) is 11.3 Å². The van der Waals surface area contributed by atoms with Gasteiger partial charge in [-0.05, 0) is 11.8 Å². The topological polar surface area (TPSA) is 30.0 Å². The first kappa shape index (κ1) is 15.9. The Balaban J connectivity index is 0.000000581. The number of halogens is 2. The molecule has 1 aromatic carbocycles. The van der Waals surface area contributed by atoms with E-state index in [4.69, 9.17) is 4.79 Å². The average molecular weight is 429 g/mol. The first-order chi connectivity index (χ1) is 8.36. The first-order valence-electron chi connectivity index (χ1n) is 4.31. The number of rotatable bonds is 1. The van der Waals surface area contributed by atoms with Gasteiger partial charge in [-0.15, -0.1) is 29.8 Å². The summed E-state index contributed by atoms with van der Waals surface area (Å²) in [7, 11) is 4.64. The van der Waals surface area contributed by atoms with Gasteiger partial charge >= 0.3 is 27.5 Å². The summed E-state index contributed by atoms with van der Waals surface area (Å²) < 4.78 is 12.6. The van der Waals surface area contributed by atoms with Gasteiger partial charge in [-0.25, -0.2) is 0 Å². The van der Waals surface area contributed by atoms with Crippen molar-refractivity contribution in [2.45, 2.75) is 0 Å². The molecule has 0 bridgehead atoms. The van der Waals surface area contributed by atoms with Gasteiger partial charge in [0.15, 0.2) is 0 Å². The van der Waals surface area contributed by atoms with Crippen LogP contribution >= 0.6 is 9.58 Å². The molecule has 1 aromatic heterocycles. The Morgan fingerprint density at radius 2 is 1.94 bits per heavy atom. The van der Waals surface area contributed by atoms with Crippen LogP contribution in [0.4, 0.5) is 4.39 Å². The number of carbonyl (C=O) groups excluding carboxylic acids is 1. The molecule has 0 radical (unpaired) electrons. The van der Waals surface area contributed by atoms with Crippen molar-refractivity contribution < 1.29 is 27.1 Å². The summed E-state index contributed by atoms with van der Waals surface area (Å²) in [6, 6.07) is 12.8. The molecule has 0 N–H and O–H groups in total. The van der Waals surface area contributed by atoms with Crippen LogP contribution in [0, 0.1) is 11.9 Å². The van der Waals surface area contributed by atoms with Gasteiger partial charge in [0.1, 0.15) is 0 Å². The molecule has 0 aliphatic heterocycles. The zero-order valence-electron chi connectivity index (χ0n) is 8.56. The van der Waals surface area contributed by atoms with Crippen LogP contribution in [0.3, 0.4) is 0 Å². The average Bonchev–Trinajstić information content (AvgIpc) is 2.45. The van der Waals surface area contributed by atoms with Crippen molar-refractivity contribution in [3.63, 3.8) is 0 Å². The molecule has 0 aliphatic carbocycles. The molecule has 0 amide bonds. The number of benzene rings is 1. The quantitative estimate of drug-likeness (QED) is 0.516. The second-order valence-corrected chi connectivity index (χ2v) is 2.64. The van der Waals surface area contributed by atoms with E-state index in [9.17, 15) is 4.39 Å². The summed E-state index contributed by atoms with van der Waals surface area (Å²) in [4.78, 5) is 11.9. The maximum absolute atomic E-state index is 12.6. The molecule has 0 atom stereocenters. The van der Waals surface area contributed by atoms with Crippen LogP contribution < -0.4 is 0 Å². The van der Waals surface area contributed by atoms with E-state index in [0.29, 0.717) is 0 Å². The second kappa shape index (κ2) is 10.1. The summed E-state index contributed by atoms with van der Waals surface area (Å²) in [5.74, 6) is -0.278. The third-order valence-corrected chi connectivity index (χ3v) is 1.72. The molecule has 90 valence electrons. The SMILES string of the molecule is Fc1c[c-]c(-c2ccccn2)cc1.[CH-]=O.[Cl][Ir+2]. The molecule has 17 heavy (non-hydrogen) atoms. The Bertz CT molecular complexity index is 411. The van der Waals surface area contributed by atoms with E-state index in [0.717, 1.165) is 11.3 Å². The monoisotopic (exact) mass is 429 g/mol. The van der Waals surface area contributed by atoms with E-state index in [-0.39, 0.29) is 5.82 Å². The van der Waals surface area contributed by atoms with Gasteiger partial charge < -0.3 is 9.78 Å². The van der Waals surface area contributed by atoms with E-state index in [1.54, 1.807) is 12.3 Å². The molecular formula is C12H8ClFIrNO. The summed E-state index contributed by atoms with van der Waals surface area (Å²) in [5, 5.41) is 0. The van der Waals surface area contributed by atoms with Crippen molar-refractivity contribution in [1.29, 1.82) is 0 Å². The van der Waals surface area contributed by atoms with Gasteiger partial charge in [-0.1, -0.05) is 12.1 Å². The minimum atomic E-state index is -0.278. The van der Waals surface area contributed by atoms with Gasteiger partial charge in [-0.2, -0.15) is 0 Å². The molecule has 2 nitrogen and oxygen atoms in total. The van der Waals surface area contributed by atoms with E-state index in [1.165, 1.54) is 30.0 Å². The zero-order valence-corrected chi connectivity index (χ0v) is 11.7. The molecule has 0 saturated heterocycles. The van der Waals surface area contributed by atoms with Crippen LogP contribution in [0.5, 0.6) is 0 Å². The number of hydrogen-bond donors (Lipinski definition) is 0. The summed E-state index contributed by atoms with van der Waals surface area (Å²) in [5.41, 5.74) is 1.62. The first-order valence-corrected chi connectivity index (χ1v) is 7.28. The molecule has 0 aliphatic rings. The van der Waals surface area contributed by atoms with Crippen molar-refractivity contribution >= 4 is 16.4 Å². The predicted octanol–water partition coefficient (Wildman–Crippen LogP) is 3.10. The predicted molar refractivity (Wildman–Crippen MR) is 61.1 cm³/mol. The van der Waals surface area contributed by atoms with Crippen LogP contribution in [0.2, 0.25) is 0 Å². The van der Waals surface area contributed by atoms with Gasteiger partial charge in [0.2, 0.25) is 0 Å². The van der Waals surface area contributed by atoms with Crippen molar-refractivity contribution in [3.8, 4) is 11.3 Å². The molecular weight excluding hydrogens is 421 g/mol. The number of nitrogens with zero attached hydrogens (tertiary/aromatic N) is 1. The van der Waals surface area contributed by atoms with E-state index in [2.05, 4.69) is 27.4 Å². The van der Waals surface area contributed by atoms with Crippen LogP contribution in [-0.4, -0.2) is 11.8 Å². The third-order valence-electron chi connectivity index (χ3n) is 1.72. The van der Waals surface area contributed by atoms with Crippen molar-refractivity contribution in [1.82, 2.24) is 4.98 Å². The van der Waals surface area contributed by atoms with Crippen molar-refractivity contribution in [2.24, 2.45) is 0 Å². The van der Waals surface area contributed by atoms with Gasteiger partial charge in [0.25, 0.3) is 0 Å². The standard InChI is InChI=1S/C11H7FN.CHO.ClH.Ir/c12-10-6-4-9(5-7-10)11-3-1-2-8-13-11;1-2;;/h1-4,6-8H;1H;1H;/q2*-1;;+3/p-1. The summed E-state index contributed by atoms with van der Waals surface area (Å²) >= 11 is 1.47. The Morgan fingerprint density at radius 1 is 1.24 bits per heavy atom. The molecule has 0 unspecified atom stereocenters. The van der Waals surface area contributed by atoms with E-state index in [1.807, 2.05) is 18.2 Å². The summed E-state index contributed by atoms with van der Waals surface area (Å²) in [6.07, 6.45) is 1.70. The Kier molecular flexibility index (Phi) is 9.44. The molecule has 2 rings (SSSR count). The molecule has 1 heterocycles. The fourth-order valence-corrected chi connectivity index (χ4v) is 1.09. The van der Waals surface area contributed by atoms with Crippen molar-refractivity contribution in [2.75, 3.05) is 0 Å². The fourth-order valence-electron chi connectivity index (χ4n) is 1.09. The second-order valence-electron chi connectivity index (χ2n) is 2.64. The van der Waals surface area contributed by atoms with Crippen LogP contribution in [0.1, 0.15) is 0 Å². The Hall–Kier alpha value is -1.09. The number of pyridine rings is 1. The van der Waals surface area contributed by atoms with Gasteiger partial charge in [-0.3, -0.25) is 11.2 Å². The molecule has 0 fully saturated rings. The van der Waals surface area contributed by atoms with Crippen molar-refractivity contribution in [3.05, 3.63) is 54.5 Å².